The van der Waals surface area contributed by atoms with Gasteiger partial charge in [0.15, 0.2) is 0 Å². The van der Waals surface area contributed by atoms with Gasteiger partial charge in [-0.1, -0.05) is 72.3 Å². The Labute approximate surface area is 198 Å². The maximum Gasteiger partial charge on any atom is 0.341 e. The van der Waals surface area contributed by atoms with Gasteiger partial charge in [0.2, 0.25) is 5.72 Å². The summed E-state index contributed by atoms with van der Waals surface area (Å²) in [5, 5.41) is 4.25. The van der Waals surface area contributed by atoms with Crippen LogP contribution in [0, 0.1) is 0 Å². The van der Waals surface area contributed by atoms with E-state index in [1.165, 1.54) is 0 Å². The molecule has 4 aromatic rings. The zero-order valence-corrected chi connectivity index (χ0v) is 19.1. The van der Waals surface area contributed by atoms with Crippen molar-refractivity contribution >= 4 is 28.9 Å². The molecule has 0 spiro atoms. The number of hydrogen-bond donors (Lipinski definition) is 1. The summed E-state index contributed by atoms with van der Waals surface area (Å²) in [6.07, 6.45) is 0. The Morgan fingerprint density at radius 3 is 2.24 bits per heavy atom. The number of benzene rings is 4. The molecule has 0 radical (unpaired) electrons. The molecule has 1 N–H and O–H groups in total. The van der Waals surface area contributed by atoms with Gasteiger partial charge < -0.3 is 15.0 Å². The highest BCUT2D eigenvalue weighted by molar-refractivity contribution is 6.30. The largest absolute Gasteiger partial charge is 0.427 e. The lowest BCUT2D eigenvalue weighted by Gasteiger charge is -2.32. The van der Waals surface area contributed by atoms with Crippen molar-refractivity contribution in [3.8, 4) is 11.1 Å². The molecule has 164 valence electrons. The van der Waals surface area contributed by atoms with Crippen LogP contribution >= 0.6 is 11.6 Å². The van der Waals surface area contributed by atoms with E-state index in [1.807, 2.05) is 110 Å². The van der Waals surface area contributed by atoms with E-state index in [0.717, 1.165) is 33.6 Å². The standard InChI is InChI=1S/C28H23ClN2O2/c1-31(2)22-16-14-20(15-17-22)28(25-12-5-3-11-24(25)27(32)33-28)30-26-13-6-4-10-23(26)19-8-7-9-21(29)18-19/h3-18,30H,1-2H3. The van der Waals surface area contributed by atoms with Gasteiger partial charge in [0.05, 0.1) is 5.56 Å². The minimum Gasteiger partial charge on any atom is -0.427 e. The number of anilines is 2. The second-order valence-electron chi connectivity index (χ2n) is 8.24. The quantitative estimate of drug-likeness (QED) is 0.347. The highest BCUT2D eigenvalue weighted by Gasteiger charge is 2.47. The third-order valence-electron chi connectivity index (χ3n) is 5.94. The molecule has 33 heavy (non-hydrogen) atoms. The average Bonchev–Trinajstić information content (AvgIpc) is 3.12. The first-order chi connectivity index (χ1) is 16.0. The predicted octanol–water partition coefficient (Wildman–Crippen LogP) is 6.56. The van der Waals surface area contributed by atoms with Crippen molar-refractivity contribution in [1.29, 1.82) is 0 Å². The molecule has 1 atom stereocenters. The molecule has 0 saturated heterocycles. The van der Waals surface area contributed by atoms with E-state index in [9.17, 15) is 4.79 Å². The minimum absolute atomic E-state index is 0.352. The third-order valence-corrected chi connectivity index (χ3v) is 6.17. The molecule has 1 aliphatic heterocycles. The highest BCUT2D eigenvalue weighted by Crippen LogP contribution is 2.44. The molecule has 1 unspecified atom stereocenters. The molecule has 0 amide bonds. The normalized spacial score (nSPS) is 16.8. The van der Waals surface area contributed by atoms with Crippen LogP contribution in [-0.2, 0) is 10.5 Å². The molecule has 0 fully saturated rings. The molecular formula is C28H23ClN2O2. The number of ether oxygens (including phenoxy) is 1. The zero-order valence-electron chi connectivity index (χ0n) is 18.4. The van der Waals surface area contributed by atoms with Crippen LogP contribution in [0.15, 0.2) is 97.1 Å². The Morgan fingerprint density at radius 2 is 1.52 bits per heavy atom. The number of nitrogens with one attached hydrogen (secondary N) is 1. The fourth-order valence-corrected chi connectivity index (χ4v) is 4.47. The number of cyclic esters (lactones) is 1. The summed E-state index contributed by atoms with van der Waals surface area (Å²) >= 11 is 6.27. The fourth-order valence-electron chi connectivity index (χ4n) is 4.28. The van der Waals surface area contributed by atoms with Crippen LogP contribution in [0.1, 0.15) is 21.5 Å². The average molecular weight is 455 g/mol. The molecule has 0 bridgehead atoms. The van der Waals surface area contributed by atoms with Gasteiger partial charge in [0.1, 0.15) is 0 Å². The molecule has 5 heteroatoms. The maximum absolute atomic E-state index is 12.9. The van der Waals surface area contributed by atoms with Crippen LogP contribution in [0.2, 0.25) is 5.02 Å². The van der Waals surface area contributed by atoms with E-state index in [2.05, 4.69) is 5.32 Å². The second-order valence-corrected chi connectivity index (χ2v) is 8.67. The van der Waals surface area contributed by atoms with Gasteiger partial charge in [-0.3, -0.25) is 0 Å². The Bertz CT molecular complexity index is 1330. The fraction of sp³-hybridized carbons (Fsp3) is 0.107. The first-order valence-electron chi connectivity index (χ1n) is 10.7. The molecule has 0 saturated carbocycles. The van der Waals surface area contributed by atoms with Gasteiger partial charge in [-0.05, 0) is 42.0 Å². The first kappa shape index (κ1) is 21.1. The van der Waals surface area contributed by atoms with Gasteiger partial charge in [-0.25, -0.2) is 4.79 Å². The van der Waals surface area contributed by atoms with Gasteiger partial charge in [-0.2, -0.15) is 0 Å². The number of nitrogens with zero attached hydrogens (tertiary/aromatic N) is 1. The van der Waals surface area contributed by atoms with E-state index >= 15 is 0 Å². The van der Waals surface area contributed by atoms with Crippen LogP contribution in [0.3, 0.4) is 0 Å². The number of hydrogen-bond acceptors (Lipinski definition) is 4. The van der Waals surface area contributed by atoms with Crippen LogP contribution in [0.4, 0.5) is 11.4 Å². The van der Waals surface area contributed by atoms with Crippen molar-refractivity contribution in [3.63, 3.8) is 0 Å². The molecule has 0 aromatic heterocycles. The SMILES string of the molecule is CN(C)c1ccc(C2(Nc3ccccc3-c3cccc(Cl)c3)OC(=O)c3ccccc32)cc1. The lowest BCUT2D eigenvalue weighted by Crippen LogP contribution is -2.37. The maximum atomic E-state index is 12.9. The zero-order chi connectivity index (χ0) is 23.0. The number of fused-ring (bicyclic) bond motifs is 1. The lowest BCUT2D eigenvalue weighted by molar-refractivity contribution is 0.0213. The van der Waals surface area contributed by atoms with Crippen LogP contribution in [0.25, 0.3) is 11.1 Å². The molecule has 4 aromatic carbocycles. The smallest absolute Gasteiger partial charge is 0.341 e. The Balaban J connectivity index is 1.68. The van der Waals surface area contributed by atoms with Crippen molar-refractivity contribution in [1.82, 2.24) is 0 Å². The van der Waals surface area contributed by atoms with E-state index in [1.54, 1.807) is 6.07 Å². The second kappa shape index (κ2) is 8.30. The Kier molecular flexibility index (Phi) is 5.31. The van der Waals surface area contributed by atoms with Crippen molar-refractivity contribution in [3.05, 3.63) is 119 Å². The molecule has 4 nitrogen and oxygen atoms in total. The summed E-state index contributed by atoms with van der Waals surface area (Å²) in [7, 11) is 3.99. The highest BCUT2D eigenvalue weighted by atomic mass is 35.5. The van der Waals surface area contributed by atoms with Gasteiger partial charge in [0.25, 0.3) is 0 Å². The van der Waals surface area contributed by atoms with Crippen LogP contribution < -0.4 is 10.2 Å². The number of esters is 1. The molecule has 1 heterocycles. The van der Waals surface area contributed by atoms with E-state index in [4.69, 9.17) is 16.3 Å². The van der Waals surface area contributed by atoms with Crippen molar-refractivity contribution < 1.29 is 9.53 Å². The van der Waals surface area contributed by atoms with Crippen molar-refractivity contribution in [2.24, 2.45) is 0 Å². The van der Waals surface area contributed by atoms with Crippen molar-refractivity contribution in [2.75, 3.05) is 24.3 Å². The third kappa shape index (κ3) is 3.73. The van der Waals surface area contributed by atoms with Crippen LogP contribution in [0.5, 0.6) is 0 Å². The summed E-state index contributed by atoms with van der Waals surface area (Å²) in [6.45, 7) is 0. The monoisotopic (exact) mass is 454 g/mol. The van der Waals surface area contributed by atoms with Crippen LogP contribution in [-0.4, -0.2) is 20.1 Å². The number of carbonyl (C=O) groups is 1. The minimum atomic E-state index is -1.16. The van der Waals surface area contributed by atoms with E-state index in [-0.39, 0.29) is 5.97 Å². The first-order valence-corrected chi connectivity index (χ1v) is 11.1. The summed E-state index contributed by atoms with van der Waals surface area (Å²) < 4.78 is 6.13. The number of rotatable bonds is 5. The summed E-state index contributed by atoms with van der Waals surface area (Å²) in [5.74, 6) is -0.352. The predicted molar refractivity (Wildman–Crippen MR) is 134 cm³/mol. The summed E-state index contributed by atoms with van der Waals surface area (Å²) in [4.78, 5) is 15.0. The molecule has 5 rings (SSSR count). The number of para-hydroxylation sites is 1. The van der Waals surface area contributed by atoms with Gasteiger partial charge in [-0.15, -0.1) is 0 Å². The molecule has 1 aliphatic rings. The van der Waals surface area contributed by atoms with Crippen molar-refractivity contribution in [2.45, 2.75) is 5.72 Å². The van der Waals surface area contributed by atoms with E-state index in [0.29, 0.717) is 10.6 Å². The topological polar surface area (TPSA) is 41.6 Å². The van der Waals surface area contributed by atoms with Gasteiger partial charge in [0, 0.05) is 47.2 Å². The summed E-state index contributed by atoms with van der Waals surface area (Å²) in [6, 6.07) is 31.2. The molecule has 0 aliphatic carbocycles. The lowest BCUT2D eigenvalue weighted by atomic mass is 9.91. The molecular weight excluding hydrogens is 432 g/mol. The number of carbonyl (C=O) groups excluding carboxylic acids is 1. The summed E-state index contributed by atoms with van der Waals surface area (Å²) in [5.41, 5.74) is 4.85. The number of halogens is 1. The Hall–Kier alpha value is -3.76. The van der Waals surface area contributed by atoms with E-state index < -0.39 is 5.72 Å². The van der Waals surface area contributed by atoms with Gasteiger partial charge >= 0.3 is 5.97 Å². The Morgan fingerprint density at radius 1 is 0.818 bits per heavy atom.